The number of benzene rings is 2. The van der Waals surface area contributed by atoms with Crippen LogP contribution in [0.15, 0.2) is 48.8 Å². The Labute approximate surface area is 153 Å². The molecule has 134 valence electrons. The number of nitrogens with one attached hydrogen (secondary N) is 1. The fourth-order valence-electron chi connectivity index (χ4n) is 3.60. The summed E-state index contributed by atoms with van der Waals surface area (Å²) >= 11 is 0. The first-order valence-corrected chi connectivity index (χ1v) is 9.18. The summed E-state index contributed by atoms with van der Waals surface area (Å²) in [7, 11) is 1.96. The highest BCUT2D eigenvalue weighted by Gasteiger charge is 2.25. The zero-order valence-corrected chi connectivity index (χ0v) is 15.3. The van der Waals surface area contributed by atoms with Crippen LogP contribution >= 0.6 is 0 Å². The molecule has 1 aliphatic rings. The van der Waals surface area contributed by atoms with Crippen molar-refractivity contribution in [3.05, 3.63) is 65.5 Å². The number of carbonyl (C=O) groups is 1. The first kappa shape index (κ1) is 16.8. The van der Waals surface area contributed by atoms with Crippen LogP contribution in [0, 0.1) is 0 Å². The van der Waals surface area contributed by atoms with Gasteiger partial charge in [-0.05, 0) is 35.7 Å². The van der Waals surface area contributed by atoms with Crippen molar-refractivity contribution in [1.82, 2.24) is 19.8 Å². The molecule has 0 saturated carbocycles. The van der Waals surface area contributed by atoms with Crippen LogP contribution in [0.4, 0.5) is 0 Å². The highest BCUT2D eigenvalue weighted by atomic mass is 16.2. The third-order valence-electron chi connectivity index (χ3n) is 5.23. The minimum atomic E-state index is 0.0780. The number of aryl methyl sites for hydroxylation is 2. The minimum Gasteiger partial charge on any atom is -0.335 e. The molecule has 5 heteroatoms. The van der Waals surface area contributed by atoms with Crippen molar-refractivity contribution in [2.75, 3.05) is 19.6 Å². The van der Waals surface area contributed by atoms with E-state index in [4.69, 9.17) is 0 Å². The Balaban J connectivity index is 1.53. The first-order valence-electron chi connectivity index (χ1n) is 9.18. The number of fused-ring (bicyclic) bond motifs is 1. The zero-order chi connectivity index (χ0) is 18.1. The van der Waals surface area contributed by atoms with Crippen LogP contribution in [0.25, 0.3) is 11.0 Å². The number of hydrogen-bond acceptors (Lipinski definition) is 3. The average molecular weight is 348 g/mol. The monoisotopic (exact) mass is 348 g/mol. The summed E-state index contributed by atoms with van der Waals surface area (Å²) in [5.74, 6) is 0.0780. The van der Waals surface area contributed by atoms with Crippen LogP contribution in [0.5, 0.6) is 0 Å². The summed E-state index contributed by atoms with van der Waals surface area (Å²) in [6.07, 6.45) is 2.82. The molecule has 1 saturated heterocycles. The number of carbonyl (C=O) groups excluding carboxylic acids is 1. The van der Waals surface area contributed by atoms with Crippen molar-refractivity contribution in [2.45, 2.75) is 19.4 Å². The van der Waals surface area contributed by atoms with E-state index in [1.54, 1.807) is 6.33 Å². The van der Waals surface area contributed by atoms with Gasteiger partial charge >= 0.3 is 0 Å². The molecular formula is C21H24N4O. The van der Waals surface area contributed by atoms with E-state index < -0.39 is 0 Å². The van der Waals surface area contributed by atoms with Crippen LogP contribution in [0.3, 0.4) is 0 Å². The van der Waals surface area contributed by atoms with Crippen molar-refractivity contribution >= 4 is 16.9 Å². The van der Waals surface area contributed by atoms with Gasteiger partial charge in [-0.1, -0.05) is 31.2 Å². The van der Waals surface area contributed by atoms with E-state index in [0.717, 1.165) is 30.5 Å². The Morgan fingerprint density at radius 1 is 1.23 bits per heavy atom. The van der Waals surface area contributed by atoms with Crippen LogP contribution in [-0.4, -0.2) is 40.0 Å². The molecule has 1 unspecified atom stereocenters. The van der Waals surface area contributed by atoms with Gasteiger partial charge in [-0.25, -0.2) is 4.98 Å². The van der Waals surface area contributed by atoms with Gasteiger partial charge in [-0.2, -0.15) is 0 Å². The second-order valence-corrected chi connectivity index (χ2v) is 6.91. The Bertz CT molecular complexity index is 929. The lowest BCUT2D eigenvalue weighted by Gasteiger charge is -2.34. The standard InChI is InChI=1S/C21H24N4O/c1-3-15-4-6-16(7-5-15)19-13-25(11-10-22-19)21(26)17-8-9-20-18(12-17)23-14-24(20)2/h4-9,12,14,19,22H,3,10-11,13H2,1-2H3. The number of hydrogen-bond donors (Lipinski definition) is 1. The molecule has 0 spiro atoms. The van der Waals surface area contributed by atoms with Gasteiger partial charge in [0, 0.05) is 38.3 Å². The molecule has 2 heterocycles. The lowest BCUT2D eigenvalue weighted by Crippen LogP contribution is -2.48. The van der Waals surface area contributed by atoms with Gasteiger partial charge in [-0.3, -0.25) is 4.79 Å². The Morgan fingerprint density at radius 3 is 2.81 bits per heavy atom. The molecule has 4 rings (SSSR count). The number of amides is 1. The molecule has 5 nitrogen and oxygen atoms in total. The SMILES string of the molecule is CCc1ccc(C2CN(C(=O)c3ccc4c(c3)ncn4C)CCN2)cc1. The molecule has 1 amide bonds. The highest BCUT2D eigenvalue weighted by molar-refractivity contribution is 5.97. The maximum Gasteiger partial charge on any atom is 0.254 e. The third-order valence-corrected chi connectivity index (χ3v) is 5.23. The van der Waals surface area contributed by atoms with E-state index >= 15 is 0 Å². The van der Waals surface area contributed by atoms with Gasteiger partial charge in [0.15, 0.2) is 0 Å². The predicted octanol–water partition coefficient (Wildman–Crippen LogP) is 2.92. The number of piperazine rings is 1. The van der Waals surface area contributed by atoms with Gasteiger partial charge < -0.3 is 14.8 Å². The van der Waals surface area contributed by atoms with Gasteiger partial charge in [-0.15, -0.1) is 0 Å². The van der Waals surface area contributed by atoms with Crippen molar-refractivity contribution in [2.24, 2.45) is 7.05 Å². The average Bonchev–Trinajstić information content (AvgIpc) is 3.08. The maximum absolute atomic E-state index is 13.0. The fourth-order valence-corrected chi connectivity index (χ4v) is 3.60. The fraction of sp³-hybridized carbons (Fsp3) is 0.333. The zero-order valence-electron chi connectivity index (χ0n) is 15.3. The minimum absolute atomic E-state index is 0.0780. The number of nitrogens with zero attached hydrogens (tertiary/aromatic N) is 3. The maximum atomic E-state index is 13.0. The Morgan fingerprint density at radius 2 is 2.04 bits per heavy atom. The van der Waals surface area contributed by atoms with Crippen molar-refractivity contribution in [1.29, 1.82) is 0 Å². The van der Waals surface area contributed by atoms with E-state index in [1.807, 2.05) is 34.7 Å². The third kappa shape index (κ3) is 3.10. The molecule has 1 N–H and O–H groups in total. The molecule has 1 atom stereocenters. The van der Waals surface area contributed by atoms with E-state index in [2.05, 4.69) is 41.5 Å². The van der Waals surface area contributed by atoms with Gasteiger partial charge in [0.25, 0.3) is 5.91 Å². The van der Waals surface area contributed by atoms with Crippen LogP contribution in [-0.2, 0) is 13.5 Å². The summed E-state index contributed by atoms with van der Waals surface area (Å²) < 4.78 is 1.96. The molecule has 0 aliphatic carbocycles. The highest BCUT2D eigenvalue weighted by Crippen LogP contribution is 2.21. The van der Waals surface area contributed by atoms with Crippen molar-refractivity contribution in [3.63, 3.8) is 0 Å². The van der Waals surface area contributed by atoms with Gasteiger partial charge in [0.05, 0.1) is 17.4 Å². The second kappa shape index (κ2) is 6.92. The van der Waals surface area contributed by atoms with E-state index in [9.17, 15) is 4.79 Å². The van der Waals surface area contributed by atoms with Crippen molar-refractivity contribution in [3.8, 4) is 0 Å². The summed E-state index contributed by atoms with van der Waals surface area (Å²) in [5.41, 5.74) is 5.18. The van der Waals surface area contributed by atoms with Crippen molar-refractivity contribution < 1.29 is 4.79 Å². The molecule has 0 radical (unpaired) electrons. The molecule has 0 bridgehead atoms. The summed E-state index contributed by atoms with van der Waals surface area (Å²) in [5, 5.41) is 3.53. The summed E-state index contributed by atoms with van der Waals surface area (Å²) in [6, 6.07) is 14.6. The smallest absolute Gasteiger partial charge is 0.254 e. The summed E-state index contributed by atoms with van der Waals surface area (Å²) in [6.45, 7) is 4.37. The molecule has 2 aromatic carbocycles. The Hall–Kier alpha value is -2.66. The molecule has 1 fully saturated rings. The predicted molar refractivity (Wildman–Crippen MR) is 103 cm³/mol. The molecular weight excluding hydrogens is 324 g/mol. The number of rotatable bonds is 3. The summed E-state index contributed by atoms with van der Waals surface area (Å²) in [4.78, 5) is 19.3. The van der Waals surface area contributed by atoms with Crippen LogP contribution in [0.2, 0.25) is 0 Å². The second-order valence-electron chi connectivity index (χ2n) is 6.91. The Kier molecular flexibility index (Phi) is 4.47. The lowest BCUT2D eigenvalue weighted by atomic mass is 10.0. The van der Waals surface area contributed by atoms with E-state index in [1.165, 1.54) is 11.1 Å². The topological polar surface area (TPSA) is 50.2 Å². The quantitative estimate of drug-likeness (QED) is 0.792. The van der Waals surface area contributed by atoms with E-state index in [0.29, 0.717) is 12.1 Å². The molecule has 1 aromatic heterocycles. The van der Waals surface area contributed by atoms with Gasteiger partial charge in [0.1, 0.15) is 0 Å². The molecule has 3 aromatic rings. The van der Waals surface area contributed by atoms with Crippen LogP contribution < -0.4 is 5.32 Å². The largest absolute Gasteiger partial charge is 0.335 e. The van der Waals surface area contributed by atoms with E-state index in [-0.39, 0.29) is 11.9 Å². The molecule has 26 heavy (non-hydrogen) atoms. The number of imidazole rings is 1. The number of aromatic nitrogens is 2. The normalized spacial score (nSPS) is 17.6. The van der Waals surface area contributed by atoms with Gasteiger partial charge in [0.2, 0.25) is 0 Å². The first-order chi connectivity index (χ1) is 12.7. The lowest BCUT2D eigenvalue weighted by molar-refractivity contribution is 0.0703. The van der Waals surface area contributed by atoms with Crippen LogP contribution in [0.1, 0.15) is 34.5 Å². The molecule has 1 aliphatic heterocycles.